The first-order chi connectivity index (χ1) is 39.1. The second-order valence-electron chi connectivity index (χ2n) is 24.7. The number of hydrogen-bond acceptors (Lipinski definition) is 15. The van der Waals surface area contributed by atoms with Gasteiger partial charge in [0.25, 0.3) is 0 Å². The second-order valence-corrected chi connectivity index (χ2v) is 27.6. The van der Waals surface area contributed by atoms with Crippen molar-refractivity contribution >= 4 is 39.5 Å². The number of rotatable bonds is 60. The van der Waals surface area contributed by atoms with Crippen molar-refractivity contribution in [2.24, 2.45) is 23.7 Å². The average Bonchev–Trinajstić information content (AvgIpc) is 3.43. The molecule has 0 saturated carbocycles. The predicted molar refractivity (Wildman–Crippen MR) is 326 cm³/mol. The molecule has 0 heterocycles. The lowest BCUT2D eigenvalue weighted by Crippen LogP contribution is -2.30. The molecule has 0 aliphatic rings. The highest BCUT2D eigenvalue weighted by Crippen LogP contribution is 2.45. The maximum atomic E-state index is 12.9. The van der Waals surface area contributed by atoms with E-state index in [2.05, 4.69) is 55.4 Å². The monoisotopic (exact) mass is 1210 g/mol. The van der Waals surface area contributed by atoms with Crippen molar-refractivity contribution in [3.05, 3.63) is 0 Å². The highest BCUT2D eigenvalue weighted by Gasteiger charge is 2.30. The summed E-state index contributed by atoms with van der Waals surface area (Å²) < 4.78 is 67.9. The van der Waals surface area contributed by atoms with Crippen LogP contribution in [-0.4, -0.2) is 96.7 Å². The van der Waals surface area contributed by atoms with Gasteiger partial charge >= 0.3 is 39.5 Å². The summed E-state index contributed by atoms with van der Waals surface area (Å²) >= 11 is 0. The SMILES string of the molecule is CC(C)CCCCCCCCCCCC(=O)OC[C@H](COP(=O)(O)OC[C@@H](O)COP(=O)(O)OC[C@@H](COC(=O)CCCCCCCCC(C)C)OC(=O)CCCCCCCCCCCC(C)C)OC(=O)CCCCCCCCC(C)C. The summed E-state index contributed by atoms with van der Waals surface area (Å²) in [5.41, 5.74) is 0. The Labute approximate surface area is 498 Å². The molecule has 0 aromatic rings. The van der Waals surface area contributed by atoms with E-state index in [1.54, 1.807) is 0 Å². The quantitative estimate of drug-likeness (QED) is 0.0222. The second kappa shape index (κ2) is 53.3. The lowest BCUT2D eigenvalue weighted by molar-refractivity contribution is -0.161. The van der Waals surface area contributed by atoms with E-state index in [1.165, 1.54) is 96.3 Å². The fourth-order valence-corrected chi connectivity index (χ4v) is 10.8. The van der Waals surface area contributed by atoms with Crippen LogP contribution in [0.5, 0.6) is 0 Å². The number of phosphoric acid groups is 2. The normalized spacial score (nSPS) is 14.5. The molecular weight excluding hydrogens is 1090 g/mol. The lowest BCUT2D eigenvalue weighted by atomic mass is 10.0. The number of aliphatic hydroxyl groups excluding tert-OH is 1. The van der Waals surface area contributed by atoms with E-state index in [0.29, 0.717) is 37.5 Å². The minimum Gasteiger partial charge on any atom is -0.462 e. The molecule has 0 fully saturated rings. The smallest absolute Gasteiger partial charge is 0.462 e. The molecule has 82 heavy (non-hydrogen) atoms. The zero-order valence-electron chi connectivity index (χ0n) is 53.1. The largest absolute Gasteiger partial charge is 0.472 e. The van der Waals surface area contributed by atoms with Crippen molar-refractivity contribution in [1.29, 1.82) is 0 Å². The van der Waals surface area contributed by atoms with Crippen LogP contribution in [0.15, 0.2) is 0 Å². The third kappa shape index (κ3) is 57.2. The summed E-state index contributed by atoms with van der Waals surface area (Å²) in [5, 5.41) is 10.5. The van der Waals surface area contributed by atoms with Crippen LogP contribution < -0.4 is 0 Å². The summed E-state index contributed by atoms with van der Waals surface area (Å²) in [6.45, 7) is 13.9. The Bertz CT molecular complexity index is 1640. The molecule has 0 rings (SSSR count). The number of phosphoric ester groups is 2. The Morgan fingerprint density at radius 1 is 0.305 bits per heavy atom. The van der Waals surface area contributed by atoms with Gasteiger partial charge in [0.05, 0.1) is 26.4 Å². The van der Waals surface area contributed by atoms with Gasteiger partial charge < -0.3 is 33.8 Å². The number of ether oxygens (including phenoxy) is 4. The molecule has 0 aliphatic carbocycles. The van der Waals surface area contributed by atoms with E-state index in [-0.39, 0.29) is 25.7 Å². The van der Waals surface area contributed by atoms with E-state index >= 15 is 0 Å². The fraction of sp³-hybridized carbons (Fsp3) is 0.937. The molecule has 19 heteroatoms. The van der Waals surface area contributed by atoms with E-state index in [0.717, 1.165) is 108 Å². The number of unbranched alkanes of at least 4 members (excludes halogenated alkanes) is 26. The van der Waals surface area contributed by atoms with Crippen molar-refractivity contribution in [3.8, 4) is 0 Å². The van der Waals surface area contributed by atoms with Gasteiger partial charge in [-0.2, -0.15) is 0 Å². The van der Waals surface area contributed by atoms with Crippen molar-refractivity contribution in [2.45, 2.75) is 318 Å². The summed E-state index contributed by atoms with van der Waals surface area (Å²) in [7, 11) is -9.89. The highest BCUT2D eigenvalue weighted by molar-refractivity contribution is 7.47. The average molecular weight is 1210 g/mol. The van der Waals surface area contributed by atoms with Crippen LogP contribution in [0.2, 0.25) is 0 Å². The zero-order chi connectivity index (χ0) is 61.1. The Balaban J connectivity index is 5.23. The number of aliphatic hydroxyl groups is 1. The number of hydrogen-bond donors (Lipinski definition) is 3. The van der Waals surface area contributed by atoms with Crippen molar-refractivity contribution < 1.29 is 80.2 Å². The molecule has 3 N–H and O–H groups in total. The molecular formula is C63H122O17P2. The van der Waals surface area contributed by atoms with Crippen molar-refractivity contribution in [2.75, 3.05) is 39.6 Å². The predicted octanol–water partition coefficient (Wildman–Crippen LogP) is 17.0. The maximum Gasteiger partial charge on any atom is 0.472 e. The van der Waals surface area contributed by atoms with E-state index in [9.17, 15) is 43.2 Å². The Morgan fingerprint density at radius 2 is 0.512 bits per heavy atom. The molecule has 0 radical (unpaired) electrons. The molecule has 0 aromatic heterocycles. The molecule has 0 aliphatic heterocycles. The summed E-state index contributed by atoms with van der Waals surface area (Å²) in [6.07, 6.45) is 32.4. The molecule has 5 atom stereocenters. The van der Waals surface area contributed by atoms with E-state index in [4.69, 9.17) is 37.0 Å². The van der Waals surface area contributed by atoms with E-state index < -0.39 is 97.5 Å². The van der Waals surface area contributed by atoms with Gasteiger partial charge in [-0.15, -0.1) is 0 Å². The number of esters is 4. The maximum absolute atomic E-state index is 12.9. The molecule has 0 saturated heterocycles. The topological polar surface area (TPSA) is 237 Å². The van der Waals surface area contributed by atoms with Crippen molar-refractivity contribution in [1.82, 2.24) is 0 Å². The molecule has 0 amide bonds. The zero-order valence-corrected chi connectivity index (χ0v) is 54.9. The van der Waals surface area contributed by atoms with Crippen LogP contribution in [0, 0.1) is 23.7 Å². The lowest BCUT2D eigenvalue weighted by Gasteiger charge is -2.21. The van der Waals surface area contributed by atoms with Gasteiger partial charge in [-0.3, -0.25) is 37.3 Å². The fourth-order valence-electron chi connectivity index (χ4n) is 9.25. The van der Waals surface area contributed by atoms with E-state index in [1.807, 2.05) is 0 Å². The van der Waals surface area contributed by atoms with Crippen LogP contribution >= 0.6 is 15.6 Å². The number of carbonyl (C=O) groups is 4. The minimum absolute atomic E-state index is 0.101. The van der Waals surface area contributed by atoms with Crippen LogP contribution in [0.1, 0.15) is 299 Å². The summed E-state index contributed by atoms with van der Waals surface area (Å²) in [4.78, 5) is 72.1. The molecule has 486 valence electrons. The van der Waals surface area contributed by atoms with Crippen LogP contribution in [0.25, 0.3) is 0 Å². The van der Waals surface area contributed by atoms with Crippen molar-refractivity contribution in [3.63, 3.8) is 0 Å². The third-order valence-electron chi connectivity index (χ3n) is 14.3. The first-order valence-electron chi connectivity index (χ1n) is 32.7. The van der Waals surface area contributed by atoms with Gasteiger partial charge in [-0.25, -0.2) is 9.13 Å². The Hall–Kier alpha value is -1.94. The Morgan fingerprint density at radius 3 is 0.756 bits per heavy atom. The standard InChI is InChI=1S/C63H122O17P2/c1-53(2)39-31-23-15-11-9-13-17-27-35-43-60(65)73-49-59(80-63(68)46-38-30-22-20-26-34-42-56(7)8)52-78-82(71,72)76-48-57(64)47-75-81(69,70)77-51-58(50-74-61(66)44-36-28-21-19-25-33-41-55(5)6)79-62(67)45-37-29-18-14-10-12-16-24-32-40-54(3)4/h53-59,64H,9-52H2,1-8H3,(H,69,70)(H,71,72)/t57-,58+,59+/m0/s1. The van der Waals surface area contributed by atoms with Gasteiger partial charge in [-0.05, 0) is 49.4 Å². The minimum atomic E-state index is -4.94. The van der Waals surface area contributed by atoms with Crippen LogP contribution in [0.3, 0.4) is 0 Å². The molecule has 0 aromatic carbocycles. The summed E-state index contributed by atoms with van der Waals surface area (Å²) in [5.74, 6) is 0.683. The molecule has 17 nitrogen and oxygen atoms in total. The van der Waals surface area contributed by atoms with Gasteiger partial charge in [0.2, 0.25) is 0 Å². The first kappa shape index (κ1) is 80.1. The molecule has 0 spiro atoms. The Kier molecular flexibility index (Phi) is 52.0. The van der Waals surface area contributed by atoms with Crippen LogP contribution in [-0.2, 0) is 65.4 Å². The first-order valence-corrected chi connectivity index (χ1v) is 35.7. The van der Waals surface area contributed by atoms with Crippen LogP contribution in [0.4, 0.5) is 0 Å². The molecule has 0 bridgehead atoms. The van der Waals surface area contributed by atoms with Gasteiger partial charge in [-0.1, -0.05) is 248 Å². The molecule has 2 unspecified atom stereocenters. The van der Waals surface area contributed by atoms with Gasteiger partial charge in [0.1, 0.15) is 19.3 Å². The highest BCUT2D eigenvalue weighted by atomic mass is 31.2. The number of carbonyl (C=O) groups excluding carboxylic acids is 4. The van der Waals surface area contributed by atoms with Gasteiger partial charge in [0.15, 0.2) is 12.2 Å². The third-order valence-corrected chi connectivity index (χ3v) is 16.2. The summed E-state index contributed by atoms with van der Waals surface area (Å²) in [6, 6.07) is 0. The van der Waals surface area contributed by atoms with Gasteiger partial charge in [0, 0.05) is 25.7 Å².